The normalized spacial score (nSPS) is 13.7. The fourth-order valence-electron chi connectivity index (χ4n) is 3.72. The summed E-state index contributed by atoms with van der Waals surface area (Å²) in [5, 5.41) is 6.24. The van der Waals surface area contributed by atoms with Gasteiger partial charge < -0.3 is 21.1 Å². The first-order chi connectivity index (χ1) is 16.0. The number of methoxy groups -OCH3 is 1. The van der Waals surface area contributed by atoms with E-state index in [0.717, 1.165) is 16.8 Å². The molecule has 0 aliphatic carbocycles. The number of anilines is 2. The number of hydrogen-bond donors (Lipinski definition) is 3. The molecule has 166 valence electrons. The van der Waals surface area contributed by atoms with Gasteiger partial charge in [-0.1, -0.05) is 48.5 Å². The van der Waals surface area contributed by atoms with Crippen LogP contribution in [-0.4, -0.2) is 24.9 Å². The van der Waals surface area contributed by atoms with Gasteiger partial charge in [-0.2, -0.15) is 0 Å². The average molecular weight is 441 g/mol. The van der Waals surface area contributed by atoms with E-state index >= 15 is 0 Å². The maximum atomic E-state index is 13.0. The molecule has 7 heteroatoms. The van der Waals surface area contributed by atoms with Crippen LogP contribution >= 0.6 is 0 Å². The van der Waals surface area contributed by atoms with Crippen molar-refractivity contribution >= 4 is 40.4 Å². The Kier molecular flexibility index (Phi) is 6.22. The van der Waals surface area contributed by atoms with Crippen molar-refractivity contribution in [2.24, 2.45) is 5.73 Å². The second kappa shape index (κ2) is 9.40. The number of rotatable bonds is 7. The lowest BCUT2D eigenvalue weighted by atomic mass is 9.99. The van der Waals surface area contributed by atoms with Gasteiger partial charge >= 0.3 is 5.97 Å². The summed E-state index contributed by atoms with van der Waals surface area (Å²) in [6.45, 7) is 0. The van der Waals surface area contributed by atoms with Crippen LogP contribution in [0.5, 0.6) is 0 Å². The van der Waals surface area contributed by atoms with Gasteiger partial charge in [0.15, 0.2) is 0 Å². The van der Waals surface area contributed by atoms with Crippen molar-refractivity contribution in [1.29, 1.82) is 0 Å². The zero-order chi connectivity index (χ0) is 23.4. The summed E-state index contributed by atoms with van der Waals surface area (Å²) in [5.74, 6) is -1.08. The summed E-state index contributed by atoms with van der Waals surface area (Å²) in [6.07, 6.45) is 0.858. The number of nitrogens with two attached hydrogens (primary N) is 1. The fraction of sp³-hybridized carbons (Fsp3) is 0.115. The second-order valence-corrected chi connectivity index (χ2v) is 7.61. The summed E-state index contributed by atoms with van der Waals surface area (Å²) in [6, 6.07) is 22.2. The van der Waals surface area contributed by atoms with Crippen molar-refractivity contribution in [2.75, 3.05) is 17.7 Å². The molecule has 3 aromatic carbocycles. The molecule has 0 fully saturated rings. The Labute approximate surface area is 191 Å². The summed E-state index contributed by atoms with van der Waals surface area (Å²) < 4.78 is 4.78. The summed E-state index contributed by atoms with van der Waals surface area (Å²) in [7, 11) is 1.32. The SMILES string of the molecule is COC(=O)c1ccc2c(c1)NC(=O)/C2=C(\Nc1ccc(CCC(N)=O)cc1)c1ccccc1. The van der Waals surface area contributed by atoms with Gasteiger partial charge in [0.05, 0.1) is 29.6 Å². The van der Waals surface area contributed by atoms with Crippen molar-refractivity contribution < 1.29 is 19.1 Å². The highest BCUT2D eigenvalue weighted by Crippen LogP contribution is 2.38. The van der Waals surface area contributed by atoms with E-state index in [-0.39, 0.29) is 18.2 Å². The Balaban J connectivity index is 1.74. The van der Waals surface area contributed by atoms with Crippen LogP contribution in [0.25, 0.3) is 11.3 Å². The van der Waals surface area contributed by atoms with Crippen LogP contribution in [0.4, 0.5) is 11.4 Å². The van der Waals surface area contributed by atoms with E-state index in [9.17, 15) is 14.4 Å². The molecule has 0 aromatic heterocycles. The minimum Gasteiger partial charge on any atom is -0.465 e. The molecule has 4 rings (SSSR count). The third-order valence-electron chi connectivity index (χ3n) is 5.38. The minimum atomic E-state index is -0.470. The van der Waals surface area contributed by atoms with Crippen LogP contribution < -0.4 is 16.4 Å². The highest BCUT2D eigenvalue weighted by molar-refractivity contribution is 6.37. The summed E-state index contributed by atoms with van der Waals surface area (Å²) >= 11 is 0. The lowest BCUT2D eigenvalue weighted by Gasteiger charge is -2.15. The van der Waals surface area contributed by atoms with Crippen molar-refractivity contribution in [3.8, 4) is 0 Å². The van der Waals surface area contributed by atoms with Crippen LogP contribution in [0.3, 0.4) is 0 Å². The average Bonchev–Trinajstić information content (AvgIpc) is 3.16. The molecule has 2 amide bonds. The monoisotopic (exact) mass is 441 g/mol. The largest absolute Gasteiger partial charge is 0.465 e. The smallest absolute Gasteiger partial charge is 0.337 e. The number of carbonyl (C=O) groups is 3. The molecule has 3 aromatic rings. The molecule has 0 saturated heterocycles. The highest BCUT2D eigenvalue weighted by atomic mass is 16.5. The molecule has 7 nitrogen and oxygen atoms in total. The fourth-order valence-corrected chi connectivity index (χ4v) is 3.72. The number of esters is 1. The van der Waals surface area contributed by atoms with Crippen molar-refractivity contribution in [1.82, 2.24) is 0 Å². The molecule has 0 spiro atoms. The lowest BCUT2D eigenvalue weighted by molar-refractivity contribution is -0.118. The number of benzene rings is 3. The highest BCUT2D eigenvalue weighted by Gasteiger charge is 2.29. The predicted octanol–water partition coefficient (Wildman–Crippen LogP) is 3.82. The molecule has 4 N–H and O–H groups in total. The van der Waals surface area contributed by atoms with Gasteiger partial charge in [-0.25, -0.2) is 4.79 Å². The van der Waals surface area contributed by atoms with E-state index in [0.29, 0.717) is 34.5 Å². The Morgan fingerprint density at radius 3 is 2.36 bits per heavy atom. The second-order valence-electron chi connectivity index (χ2n) is 7.61. The summed E-state index contributed by atoms with van der Waals surface area (Å²) in [5.41, 5.74) is 10.6. The van der Waals surface area contributed by atoms with Crippen LogP contribution in [0, 0.1) is 0 Å². The van der Waals surface area contributed by atoms with Gasteiger partial charge in [-0.3, -0.25) is 9.59 Å². The predicted molar refractivity (Wildman–Crippen MR) is 127 cm³/mol. The van der Waals surface area contributed by atoms with E-state index < -0.39 is 5.97 Å². The number of nitrogens with one attached hydrogen (secondary N) is 2. The molecule has 0 atom stereocenters. The Hall–Kier alpha value is -4.39. The van der Waals surface area contributed by atoms with Crippen LogP contribution in [0.1, 0.15) is 33.5 Å². The third-order valence-corrected chi connectivity index (χ3v) is 5.38. The van der Waals surface area contributed by atoms with Gasteiger partial charge in [0.25, 0.3) is 5.91 Å². The first kappa shape index (κ1) is 21.8. The van der Waals surface area contributed by atoms with E-state index in [4.69, 9.17) is 10.5 Å². The Morgan fingerprint density at radius 1 is 0.970 bits per heavy atom. The number of aryl methyl sites for hydroxylation is 1. The zero-order valence-electron chi connectivity index (χ0n) is 18.1. The standard InChI is InChI=1S/C26H23N3O4/c1-33-26(32)18-10-13-20-21(15-18)29-25(31)23(20)24(17-5-3-2-4-6-17)28-19-11-7-16(8-12-19)9-14-22(27)30/h2-8,10-13,15,28H,9,14H2,1H3,(H2,27,30)(H,29,31)/b24-23-. The van der Waals surface area contributed by atoms with Crippen molar-refractivity contribution in [3.05, 3.63) is 95.1 Å². The minimum absolute atomic E-state index is 0.267. The molecule has 0 radical (unpaired) electrons. The van der Waals surface area contributed by atoms with E-state index in [2.05, 4.69) is 10.6 Å². The van der Waals surface area contributed by atoms with Gasteiger partial charge in [-0.05, 0) is 41.8 Å². The lowest BCUT2D eigenvalue weighted by Crippen LogP contribution is -2.11. The topological polar surface area (TPSA) is 111 Å². The molecule has 33 heavy (non-hydrogen) atoms. The van der Waals surface area contributed by atoms with E-state index in [1.807, 2.05) is 54.6 Å². The third kappa shape index (κ3) is 4.77. The summed E-state index contributed by atoms with van der Waals surface area (Å²) in [4.78, 5) is 36.0. The quantitative estimate of drug-likeness (QED) is 0.381. The van der Waals surface area contributed by atoms with Crippen LogP contribution in [-0.2, 0) is 20.7 Å². The number of primary amides is 1. The molecular weight excluding hydrogens is 418 g/mol. The molecule has 0 bridgehead atoms. The van der Waals surface area contributed by atoms with Gasteiger partial charge in [0.1, 0.15) is 0 Å². The van der Waals surface area contributed by atoms with Crippen LogP contribution in [0.15, 0.2) is 72.8 Å². The maximum absolute atomic E-state index is 13.0. The van der Waals surface area contributed by atoms with Gasteiger partial charge in [0.2, 0.25) is 5.91 Å². The maximum Gasteiger partial charge on any atom is 0.337 e. The Bertz CT molecular complexity index is 1250. The molecule has 1 heterocycles. The van der Waals surface area contributed by atoms with Crippen molar-refractivity contribution in [3.63, 3.8) is 0 Å². The Morgan fingerprint density at radius 2 is 1.70 bits per heavy atom. The number of hydrogen-bond acceptors (Lipinski definition) is 5. The first-order valence-corrected chi connectivity index (χ1v) is 10.4. The molecule has 0 unspecified atom stereocenters. The van der Waals surface area contributed by atoms with Crippen LogP contribution in [0.2, 0.25) is 0 Å². The first-order valence-electron chi connectivity index (χ1n) is 10.4. The number of carbonyl (C=O) groups excluding carboxylic acids is 3. The molecule has 0 saturated carbocycles. The van der Waals surface area contributed by atoms with Gasteiger partial charge in [-0.15, -0.1) is 0 Å². The van der Waals surface area contributed by atoms with Gasteiger partial charge in [0, 0.05) is 17.7 Å². The molecule has 1 aliphatic rings. The van der Waals surface area contributed by atoms with E-state index in [1.165, 1.54) is 7.11 Å². The number of amides is 2. The molecular formula is C26H23N3O4. The van der Waals surface area contributed by atoms with Crippen molar-refractivity contribution in [2.45, 2.75) is 12.8 Å². The van der Waals surface area contributed by atoms with E-state index in [1.54, 1.807) is 18.2 Å². The number of ether oxygens (including phenoxy) is 1. The number of fused-ring (bicyclic) bond motifs is 1. The zero-order valence-corrected chi connectivity index (χ0v) is 18.1. The molecule has 1 aliphatic heterocycles.